The summed E-state index contributed by atoms with van der Waals surface area (Å²) in [6.45, 7) is 0.189. The highest BCUT2D eigenvalue weighted by Gasteiger charge is 2.44. The SMILES string of the molecule is O=C(N[C@H]1CCCC[C@H]1C(=O)N1C[C@H](O)C[C@H]1C(=O)O)OCC1c2ccccc2-c2ccccc21. The summed E-state index contributed by atoms with van der Waals surface area (Å²) in [5.41, 5.74) is 4.55. The van der Waals surface area contributed by atoms with Crippen LogP contribution in [0.2, 0.25) is 0 Å². The molecule has 0 radical (unpaired) electrons. The Morgan fingerprint density at radius 3 is 2.26 bits per heavy atom. The fourth-order valence-corrected chi connectivity index (χ4v) is 5.90. The molecule has 1 saturated heterocycles. The summed E-state index contributed by atoms with van der Waals surface area (Å²) in [5.74, 6) is -2.03. The van der Waals surface area contributed by atoms with Gasteiger partial charge in [-0.15, -0.1) is 0 Å². The Bertz CT molecular complexity index is 1090. The van der Waals surface area contributed by atoms with Gasteiger partial charge in [0, 0.05) is 24.9 Å². The second kappa shape index (κ2) is 9.70. The third-order valence-electron chi connectivity index (χ3n) is 7.58. The van der Waals surface area contributed by atoms with Gasteiger partial charge in [-0.2, -0.15) is 0 Å². The summed E-state index contributed by atoms with van der Waals surface area (Å²) in [4.78, 5) is 38.9. The van der Waals surface area contributed by atoms with Crippen molar-refractivity contribution in [1.82, 2.24) is 10.2 Å². The van der Waals surface area contributed by atoms with Crippen LogP contribution in [0.15, 0.2) is 48.5 Å². The highest BCUT2D eigenvalue weighted by atomic mass is 16.5. The van der Waals surface area contributed by atoms with Gasteiger partial charge in [0.25, 0.3) is 0 Å². The summed E-state index contributed by atoms with van der Waals surface area (Å²) in [6.07, 6.45) is 1.47. The maximum Gasteiger partial charge on any atom is 0.407 e. The van der Waals surface area contributed by atoms with Gasteiger partial charge in [-0.25, -0.2) is 9.59 Å². The fraction of sp³-hybridized carbons (Fsp3) is 0.444. The van der Waals surface area contributed by atoms with Crippen LogP contribution < -0.4 is 5.32 Å². The number of likely N-dealkylation sites (tertiary alicyclic amines) is 1. The number of carboxylic acids is 1. The quantitative estimate of drug-likeness (QED) is 0.608. The van der Waals surface area contributed by atoms with Crippen LogP contribution in [0.3, 0.4) is 0 Å². The number of alkyl carbamates (subject to hydrolysis) is 1. The molecule has 4 atom stereocenters. The molecule has 0 unspecified atom stereocenters. The molecule has 1 aliphatic heterocycles. The number of hydrogen-bond donors (Lipinski definition) is 3. The molecule has 3 N–H and O–H groups in total. The van der Waals surface area contributed by atoms with E-state index in [1.165, 1.54) is 4.90 Å². The number of carboxylic acid groups (broad SMARTS) is 1. The van der Waals surface area contributed by atoms with Crippen molar-refractivity contribution in [3.05, 3.63) is 59.7 Å². The van der Waals surface area contributed by atoms with Crippen LogP contribution in [0.25, 0.3) is 11.1 Å². The number of fused-ring (bicyclic) bond motifs is 3. The number of aliphatic hydroxyl groups excluding tert-OH is 1. The summed E-state index contributed by atoms with van der Waals surface area (Å²) in [6, 6.07) is 14.8. The molecule has 184 valence electrons. The molecule has 3 aliphatic rings. The second-order valence-electron chi connectivity index (χ2n) is 9.70. The molecular weight excluding hydrogens is 448 g/mol. The number of amides is 2. The molecule has 0 spiro atoms. The monoisotopic (exact) mass is 478 g/mol. The Kier molecular flexibility index (Phi) is 6.47. The molecule has 5 rings (SSSR count). The number of aliphatic carboxylic acids is 1. The lowest BCUT2D eigenvalue weighted by Gasteiger charge is -2.34. The molecule has 2 aromatic carbocycles. The van der Waals surface area contributed by atoms with Crippen molar-refractivity contribution in [3.8, 4) is 11.1 Å². The Labute approximate surface area is 203 Å². The summed E-state index contributed by atoms with van der Waals surface area (Å²) in [5, 5.41) is 22.3. The number of hydrogen-bond acceptors (Lipinski definition) is 5. The van der Waals surface area contributed by atoms with Crippen molar-refractivity contribution in [1.29, 1.82) is 0 Å². The van der Waals surface area contributed by atoms with Crippen LogP contribution in [-0.2, 0) is 14.3 Å². The number of β-amino-alcohol motifs (C(OH)–C–C–N with tert-alkyl or cyclic N) is 1. The van der Waals surface area contributed by atoms with Crippen LogP contribution in [0.1, 0.15) is 49.1 Å². The molecule has 0 aromatic heterocycles. The lowest BCUT2D eigenvalue weighted by molar-refractivity contribution is -0.150. The zero-order chi connectivity index (χ0) is 24.5. The van der Waals surface area contributed by atoms with E-state index in [1.807, 2.05) is 24.3 Å². The predicted molar refractivity (Wildman–Crippen MR) is 128 cm³/mol. The molecule has 1 saturated carbocycles. The minimum Gasteiger partial charge on any atom is -0.480 e. The molecule has 0 bridgehead atoms. The lowest BCUT2D eigenvalue weighted by Crippen LogP contribution is -2.52. The molecule has 2 amide bonds. The smallest absolute Gasteiger partial charge is 0.407 e. The molecule has 8 heteroatoms. The van der Waals surface area contributed by atoms with Gasteiger partial charge in [-0.05, 0) is 35.1 Å². The van der Waals surface area contributed by atoms with E-state index in [0.717, 1.165) is 35.1 Å². The van der Waals surface area contributed by atoms with Gasteiger partial charge in [0.15, 0.2) is 0 Å². The van der Waals surface area contributed by atoms with Gasteiger partial charge in [0.2, 0.25) is 5.91 Å². The Balaban J connectivity index is 1.25. The second-order valence-corrected chi connectivity index (χ2v) is 9.70. The Morgan fingerprint density at radius 2 is 1.60 bits per heavy atom. The first kappa shape index (κ1) is 23.4. The number of rotatable bonds is 5. The van der Waals surface area contributed by atoms with Crippen molar-refractivity contribution in [2.24, 2.45) is 5.92 Å². The van der Waals surface area contributed by atoms with Gasteiger partial charge >= 0.3 is 12.1 Å². The van der Waals surface area contributed by atoms with Crippen molar-refractivity contribution >= 4 is 18.0 Å². The van der Waals surface area contributed by atoms with Crippen LogP contribution >= 0.6 is 0 Å². The Morgan fingerprint density at radius 1 is 0.971 bits per heavy atom. The molecule has 2 aliphatic carbocycles. The van der Waals surface area contributed by atoms with E-state index in [1.54, 1.807) is 0 Å². The van der Waals surface area contributed by atoms with E-state index in [9.17, 15) is 24.6 Å². The average molecular weight is 479 g/mol. The minimum absolute atomic E-state index is 0.00393. The van der Waals surface area contributed by atoms with E-state index in [0.29, 0.717) is 12.8 Å². The molecule has 8 nitrogen and oxygen atoms in total. The van der Waals surface area contributed by atoms with Crippen molar-refractivity contribution in [3.63, 3.8) is 0 Å². The highest BCUT2D eigenvalue weighted by molar-refractivity contribution is 5.87. The molecule has 35 heavy (non-hydrogen) atoms. The van der Waals surface area contributed by atoms with Gasteiger partial charge < -0.3 is 25.2 Å². The van der Waals surface area contributed by atoms with Crippen LogP contribution in [-0.4, -0.2) is 64.4 Å². The maximum absolute atomic E-state index is 13.3. The van der Waals surface area contributed by atoms with Crippen molar-refractivity contribution in [2.75, 3.05) is 13.2 Å². The first-order chi connectivity index (χ1) is 16.9. The highest BCUT2D eigenvalue weighted by Crippen LogP contribution is 2.44. The van der Waals surface area contributed by atoms with E-state index in [-0.39, 0.29) is 31.4 Å². The first-order valence-electron chi connectivity index (χ1n) is 12.3. The number of nitrogens with zero attached hydrogens (tertiary/aromatic N) is 1. The number of carbonyl (C=O) groups excluding carboxylic acids is 2. The third-order valence-corrected chi connectivity index (χ3v) is 7.58. The van der Waals surface area contributed by atoms with E-state index >= 15 is 0 Å². The number of benzene rings is 2. The van der Waals surface area contributed by atoms with Crippen LogP contribution in [0.5, 0.6) is 0 Å². The molecular formula is C27H30N2O6. The summed E-state index contributed by atoms with van der Waals surface area (Å²) in [7, 11) is 0. The van der Waals surface area contributed by atoms with Gasteiger partial charge in [0.05, 0.1) is 12.0 Å². The van der Waals surface area contributed by atoms with Gasteiger partial charge in [-0.3, -0.25) is 4.79 Å². The number of nitrogens with one attached hydrogen (secondary N) is 1. The fourth-order valence-electron chi connectivity index (χ4n) is 5.90. The third kappa shape index (κ3) is 4.50. The van der Waals surface area contributed by atoms with Gasteiger partial charge in [-0.1, -0.05) is 61.4 Å². The minimum atomic E-state index is -1.12. The maximum atomic E-state index is 13.3. The Hall–Kier alpha value is -3.39. The van der Waals surface area contributed by atoms with Crippen molar-refractivity contribution in [2.45, 2.75) is 56.2 Å². The average Bonchev–Trinajstić information content (AvgIpc) is 3.41. The van der Waals surface area contributed by atoms with Gasteiger partial charge in [0.1, 0.15) is 12.6 Å². The first-order valence-corrected chi connectivity index (χ1v) is 12.3. The van der Waals surface area contributed by atoms with Crippen LogP contribution in [0, 0.1) is 5.92 Å². The largest absolute Gasteiger partial charge is 0.480 e. The zero-order valence-electron chi connectivity index (χ0n) is 19.4. The molecule has 1 heterocycles. The summed E-state index contributed by atoms with van der Waals surface area (Å²) < 4.78 is 5.66. The molecule has 2 fully saturated rings. The van der Waals surface area contributed by atoms with E-state index in [2.05, 4.69) is 29.6 Å². The lowest BCUT2D eigenvalue weighted by atomic mass is 9.83. The van der Waals surface area contributed by atoms with Crippen molar-refractivity contribution < 1.29 is 29.3 Å². The number of aliphatic hydroxyl groups is 1. The normalized spacial score (nSPS) is 25.6. The standard InChI is InChI=1S/C27H30N2O6/c30-16-13-24(26(32)33)29(14-16)25(31)21-11-5-6-12-23(21)28-27(34)35-15-22-19-9-3-1-7-17(19)18-8-2-4-10-20(18)22/h1-4,7-10,16,21-24,30H,5-6,11-15H2,(H,28,34)(H,32,33)/t16-,21-,23+,24+/m1/s1. The van der Waals surface area contributed by atoms with E-state index < -0.39 is 36.2 Å². The predicted octanol–water partition coefficient (Wildman–Crippen LogP) is 3.13. The topological polar surface area (TPSA) is 116 Å². The van der Waals surface area contributed by atoms with E-state index in [4.69, 9.17) is 4.74 Å². The van der Waals surface area contributed by atoms with Crippen LogP contribution in [0.4, 0.5) is 4.79 Å². The molecule has 2 aromatic rings. The number of carbonyl (C=O) groups is 3. The number of ether oxygens (including phenoxy) is 1. The summed E-state index contributed by atoms with van der Waals surface area (Å²) >= 11 is 0. The zero-order valence-corrected chi connectivity index (χ0v) is 19.4.